The third-order valence-corrected chi connectivity index (χ3v) is 3.60. The molecule has 6 heteroatoms. The van der Waals surface area contributed by atoms with Crippen LogP contribution in [0, 0.1) is 5.92 Å². The Morgan fingerprint density at radius 3 is 2.67 bits per heavy atom. The molecule has 0 saturated heterocycles. The van der Waals surface area contributed by atoms with Gasteiger partial charge in [-0.1, -0.05) is 0 Å². The van der Waals surface area contributed by atoms with Gasteiger partial charge in [0.2, 0.25) is 5.91 Å². The number of halogens is 1. The van der Waals surface area contributed by atoms with Crippen molar-refractivity contribution in [2.45, 2.75) is 25.3 Å². The summed E-state index contributed by atoms with van der Waals surface area (Å²) in [6, 6.07) is 5.51. The Morgan fingerprint density at radius 1 is 1.38 bits per heavy atom. The highest BCUT2D eigenvalue weighted by atomic mass is 35.5. The number of hydrogen-bond donors (Lipinski definition) is 2. The van der Waals surface area contributed by atoms with Crippen LogP contribution in [0.3, 0.4) is 0 Å². The van der Waals surface area contributed by atoms with Crippen molar-refractivity contribution in [2.75, 3.05) is 20.8 Å². The highest BCUT2D eigenvalue weighted by Crippen LogP contribution is 2.31. The minimum absolute atomic E-state index is 0. The van der Waals surface area contributed by atoms with E-state index in [1.807, 2.05) is 12.1 Å². The lowest BCUT2D eigenvalue weighted by atomic mass is 10.1. The van der Waals surface area contributed by atoms with E-state index in [1.54, 1.807) is 20.3 Å². The number of benzene rings is 1. The monoisotopic (exact) mass is 314 g/mol. The average molecular weight is 315 g/mol. The van der Waals surface area contributed by atoms with Crippen LogP contribution >= 0.6 is 12.4 Å². The summed E-state index contributed by atoms with van der Waals surface area (Å²) < 4.78 is 10.4. The molecule has 21 heavy (non-hydrogen) atoms. The molecule has 1 aliphatic rings. The van der Waals surface area contributed by atoms with E-state index in [4.69, 9.17) is 15.2 Å². The van der Waals surface area contributed by atoms with Gasteiger partial charge < -0.3 is 20.5 Å². The van der Waals surface area contributed by atoms with Crippen LogP contribution in [-0.2, 0) is 11.2 Å². The van der Waals surface area contributed by atoms with Crippen molar-refractivity contribution in [1.29, 1.82) is 0 Å². The molecule has 0 radical (unpaired) electrons. The minimum atomic E-state index is -0.0485. The van der Waals surface area contributed by atoms with Gasteiger partial charge in [-0.2, -0.15) is 0 Å². The summed E-state index contributed by atoms with van der Waals surface area (Å²) in [6.07, 6.45) is 2.62. The largest absolute Gasteiger partial charge is 0.497 e. The Labute approximate surface area is 131 Å². The molecule has 1 saturated carbocycles. The average Bonchev–Trinajstić information content (AvgIpc) is 3.29. The first-order chi connectivity index (χ1) is 9.63. The summed E-state index contributed by atoms with van der Waals surface area (Å²) in [5.74, 6) is 1.94. The van der Waals surface area contributed by atoms with Crippen LogP contribution in [0.15, 0.2) is 18.2 Å². The first-order valence-corrected chi connectivity index (χ1v) is 6.87. The molecular weight excluding hydrogens is 292 g/mol. The molecule has 1 unspecified atom stereocenters. The van der Waals surface area contributed by atoms with Gasteiger partial charge in [0.05, 0.1) is 20.6 Å². The summed E-state index contributed by atoms with van der Waals surface area (Å²) in [6.45, 7) is 0.537. The molecule has 1 atom stereocenters. The van der Waals surface area contributed by atoms with Crippen LogP contribution in [0.4, 0.5) is 0 Å². The van der Waals surface area contributed by atoms with Gasteiger partial charge in [-0.05, 0) is 37.0 Å². The van der Waals surface area contributed by atoms with E-state index in [-0.39, 0.29) is 30.8 Å². The Hall–Kier alpha value is -1.46. The van der Waals surface area contributed by atoms with Gasteiger partial charge in [0.25, 0.3) is 0 Å². The molecule has 0 bridgehead atoms. The highest BCUT2D eigenvalue weighted by molar-refractivity contribution is 5.85. The lowest BCUT2D eigenvalue weighted by Crippen LogP contribution is -2.39. The van der Waals surface area contributed by atoms with Crippen LogP contribution in [0.25, 0.3) is 0 Å². The van der Waals surface area contributed by atoms with Crippen molar-refractivity contribution in [3.8, 4) is 11.5 Å². The molecule has 1 aliphatic carbocycles. The molecule has 1 aromatic rings. The molecule has 3 N–H and O–H groups in total. The van der Waals surface area contributed by atoms with E-state index in [0.717, 1.165) is 5.56 Å². The van der Waals surface area contributed by atoms with Gasteiger partial charge in [-0.25, -0.2) is 0 Å². The van der Waals surface area contributed by atoms with Gasteiger partial charge in [0.15, 0.2) is 0 Å². The maximum atomic E-state index is 12.0. The molecular formula is C15H23ClN2O3. The Balaban J connectivity index is 0.00000220. The van der Waals surface area contributed by atoms with Crippen molar-refractivity contribution in [2.24, 2.45) is 11.7 Å². The number of methoxy groups -OCH3 is 2. The number of rotatable bonds is 7. The molecule has 0 aromatic heterocycles. The third kappa shape index (κ3) is 5.10. The molecule has 0 spiro atoms. The fraction of sp³-hybridized carbons (Fsp3) is 0.533. The fourth-order valence-corrected chi connectivity index (χ4v) is 2.18. The standard InChI is InChI=1S/C15H22N2O3.ClH/c1-19-12-5-6-14(20-2)11(7-12)8-15(18)17-9-13(16)10-3-4-10;/h5-7,10,13H,3-4,8-9,16H2,1-2H3,(H,17,18);1H. The second-order valence-electron chi connectivity index (χ2n) is 5.16. The molecule has 1 aromatic carbocycles. The zero-order valence-electron chi connectivity index (χ0n) is 12.4. The van der Waals surface area contributed by atoms with Crippen LogP contribution in [0.1, 0.15) is 18.4 Å². The minimum Gasteiger partial charge on any atom is -0.497 e. The first-order valence-electron chi connectivity index (χ1n) is 6.87. The quantitative estimate of drug-likeness (QED) is 0.800. The van der Waals surface area contributed by atoms with E-state index in [9.17, 15) is 4.79 Å². The number of amides is 1. The van der Waals surface area contributed by atoms with E-state index in [2.05, 4.69) is 5.32 Å². The van der Waals surface area contributed by atoms with Gasteiger partial charge in [-0.15, -0.1) is 12.4 Å². The molecule has 1 fully saturated rings. The highest BCUT2D eigenvalue weighted by Gasteiger charge is 2.28. The topological polar surface area (TPSA) is 73.6 Å². The molecule has 5 nitrogen and oxygen atoms in total. The van der Waals surface area contributed by atoms with Crippen LogP contribution in [0.5, 0.6) is 11.5 Å². The predicted octanol–water partition coefficient (Wildman–Crippen LogP) is 1.52. The summed E-state index contributed by atoms with van der Waals surface area (Å²) in [7, 11) is 3.19. The van der Waals surface area contributed by atoms with Crippen molar-refractivity contribution in [3.63, 3.8) is 0 Å². The second-order valence-corrected chi connectivity index (χ2v) is 5.16. The molecule has 0 heterocycles. The zero-order valence-corrected chi connectivity index (χ0v) is 13.2. The van der Waals surface area contributed by atoms with Crippen molar-refractivity contribution < 1.29 is 14.3 Å². The summed E-state index contributed by atoms with van der Waals surface area (Å²) in [5.41, 5.74) is 6.77. The number of nitrogens with two attached hydrogens (primary N) is 1. The van der Waals surface area contributed by atoms with Gasteiger partial charge in [0.1, 0.15) is 11.5 Å². The van der Waals surface area contributed by atoms with Crippen LogP contribution in [0.2, 0.25) is 0 Å². The number of ether oxygens (including phenoxy) is 2. The van der Waals surface area contributed by atoms with E-state index >= 15 is 0 Å². The third-order valence-electron chi connectivity index (χ3n) is 3.60. The SMILES string of the molecule is COc1ccc(OC)c(CC(=O)NCC(N)C2CC2)c1.Cl. The summed E-state index contributed by atoms with van der Waals surface area (Å²) in [5, 5.41) is 2.88. The molecule has 1 amide bonds. The number of hydrogen-bond acceptors (Lipinski definition) is 4. The normalized spacial score (nSPS) is 14.8. The van der Waals surface area contributed by atoms with Gasteiger partial charge in [-0.3, -0.25) is 4.79 Å². The fourth-order valence-electron chi connectivity index (χ4n) is 2.18. The molecule has 2 rings (SSSR count). The van der Waals surface area contributed by atoms with Crippen molar-refractivity contribution in [3.05, 3.63) is 23.8 Å². The van der Waals surface area contributed by atoms with Crippen molar-refractivity contribution >= 4 is 18.3 Å². The van der Waals surface area contributed by atoms with Gasteiger partial charge in [0, 0.05) is 18.2 Å². The first kappa shape index (κ1) is 17.6. The molecule has 0 aliphatic heterocycles. The number of carbonyl (C=O) groups excluding carboxylic acids is 1. The Morgan fingerprint density at radius 2 is 2.10 bits per heavy atom. The van der Waals surface area contributed by atoms with Crippen LogP contribution < -0.4 is 20.5 Å². The second kappa shape index (κ2) is 8.10. The summed E-state index contributed by atoms with van der Waals surface area (Å²) >= 11 is 0. The van der Waals surface area contributed by atoms with Gasteiger partial charge >= 0.3 is 0 Å². The lowest BCUT2D eigenvalue weighted by Gasteiger charge is -2.13. The number of carbonyl (C=O) groups is 1. The van der Waals surface area contributed by atoms with Crippen LogP contribution in [-0.4, -0.2) is 32.7 Å². The zero-order chi connectivity index (χ0) is 14.5. The smallest absolute Gasteiger partial charge is 0.224 e. The van der Waals surface area contributed by atoms with E-state index in [0.29, 0.717) is 24.0 Å². The Kier molecular flexibility index (Phi) is 6.78. The van der Waals surface area contributed by atoms with E-state index in [1.165, 1.54) is 12.8 Å². The Bertz CT molecular complexity index is 478. The lowest BCUT2D eigenvalue weighted by molar-refractivity contribution is -0.120. The number of nitrogens with one attached hydrogen (secondary N) is 1. The maximum Gasteiger partial charge on any atom is 0.224 e. The molecule has 118 valence electrons. The maximum absolute atomic E-state index is 12.0. The summed E-state index contributed by atoms with van der Waals surface area (Å²) in [4.78, 5) is 12.0. The van der Waals surface area contributed by atoms with Crippen molar-refractivity contribution in [1.82, 2.24) is 5.32 Å². The predicted molar refractivity (Wildman–Crippen MR) is 84.2 cm³/mol. The van der Waals surface area contributed by atoms with E-state index < -0.39 is 0 Å².